The second kappa shape index (κ2) is 11.4. The maximum absolute atomic E-state index is 11.4. The molecule has 5 rings (SSSR count). The number of nitrogens with zero attached hydrogens (tertiary/aromatic N) is 3. The number of primary amides is 1. The van der Waals surface area contributed by atoms with Crippen molar-refractivity contribution < 1.29 is 4.79 Å². The molecule has 2 heterocycles. The van der Waals surface area contributed by atoms with Gasteiger partial charge in [0, 0.05) is 62.8 Å². The number of piperazine rings is 1. The molecule has 0 spiro atoms. The topological polar surface area (TPSA) is 52.8 Å². The van der Waals surface area contributed by atoms with Crippen LogP contribution in [0.25, 0.3) is 11.1 Å². The van der Waals surface area contributed by atoms with Gasteiger partial charge in [0.15, 0.2) is 0 Å². The number of amides is 1. The summed E-state index contributed by atoms with van der Waals surface area (Å²) in [5.41, 5.74) is 15.5. The molecular formula is C32H40N4O. The Morgan fingerprint density at radius 1 is 0.784 bits per heavy atom. The van der Waals surface area contributed by atoms with Gasteiger partial charge in [0.05, 0.1) is 6.42 Å². The van der Waals surface area contributed by atoms with E-state index < -0.39 is 0 Å². The molecule has 2 fully saturated rings. The fourth-order valence-corrected chi connectivity index (χ4v) is 5.73. The molecule has 1 amide bonds. The SMILES string of the molecule is Cc1ccc(-c2ccc(CN3CCN(c4ccc(C)c(CC(N)=O)c4)CC3)cc2)c(N2CCCCC2)c1. The Bertz CT molecular complexity index is 1220. The number of aryl methyl sites for hydroxylation is 2. The molecule has 2 N–H and O–H groups in total. The van der Waals surface area contributed by atoms with E-state index in [4.69, 9.17) is 5.73 Å². The van der Waals surface area contributed by atoms with Crippen molar-refractivity contribution in [3.63, 3.8) is 0 Å². The molecule has 2 aliphatic heterocycles. The lowest BCUT2D eigenvalue weighted by molar-refractivity contribution is -0.117. The Morgan fingerprint density at radius 2 is 1.51 bits per heavy atom. The minimum absolute atomic E-state index is 0.277. The van der Waals surface area contributed by atoms with E-state index in [1.807, 2.05) is 6.92 Å². The van der Waals surface area contributed by atoms with Crippen LogP contribution in [0.2, 0.25) is 0 Å². The smallest absolute Gasteiger partial charge is 0.221 e. The summed E-state index contributed by atoms with van der Waals surface area (Å²) in [4.78, 5) is 19.0. The Morgan fingerprint density at radius 3 is 2.22 bits per heavy atom. The highest BCUT2D eigenvalue weighted by Gasteiger charge is 2.19. The van der Waals surface area contributed by atoms with Crippen LogP contribution in [0, 0.1) is 13.8 Å². The van der Waals surface area contributed by atoms with Crippen molar-refractivity contribution in [2.45, 2.75) is 46.1 Å². The number of nitrogens with two attached hydrogens (primary N) is 1. The monoisotopic (exact) mass is 496 g/mol. The van der Waals surface area contributed by atoms with Crippen molar-refractivity contribution in [3.05, 3.63) is 82.9 Å². The third-order valence-electron chi connectivity index (χ3n) is 7.96. The lowest BCUT2D eigenvalue weighted by atomic mass is 9.98. The Labute approximate surface area is 221 Å². The predicted molar refractivity (Wildman–Crippen MR) is 154 cm³/mol. The summed E-state index contributed by atoms with van der Waals surface area (Å²) in [6.45, 7) is 11.6. The lowest BCUT2D eigenvalue weighted by Crippen LogP contribution is -2.46. The number of piperidine rings is 1. The Balaban J connectivity index is 1.21. The lowest BCUT2D eigenvalue weighted by Gasteiger charge is -2.36. The zero-order valence-electron chi connectivity index (χ0n) is 22.4. The molecule has 37 heavy (non-hydrogen) atoms. The number of rotatable bonds is 7. The van der Waals surface area contributed by atoms with Gasteiger partial charge in [-0.15, -0.1) is 0 Å². The third kappa shape index (κ3) is 6.16. The van der Waals surface area contributed by atoms with Crippen LogP contribution in [-0.4, -0.2) is 50.1 Å². The minimum atomic E-state index is -0.277. The van der Waals surface area contributed by atoms with Crippen LogP contribution < -0.4 is 15.5 Å². The van der Waals surface area contributed by atoms with Crippen LogP contribution in [0.5, 0.6) is 0 Å². The van der Waals surface area contributed by atoms with Crippen molar-refractivity contribution in [1.82, 2.24) is 4.90 Å². The summed E-state index contributed by atoms with van der Waals surface area (Å²) in [5, 5.41) is 0. The average molecular weight is 497 g/mol. The van der Waals surface area contributed by atoms with Gasteiger partial charge in [0.1, 0.15) is 0 Å². The van der Waals surface area contributed by atoms with Crippen LogP contribution in [0.15, 0.2) is 60.7 Å². The molecule has 0 aliphatic carbocycles. The molecule has 2 aliphatic rings. The van der Waals surface area contributed by atoms with E-state index in [0.29, 0.717) is 6.42 Å². The van der Waals surface area contributed by atoms with Crippen molar-refractivity contribution in [3.8, 4) is 11.1 Å². The fraction of sp³-hybridized carbons (Fsp3) is 0.406. The molecule has 0 atom stereocenters. The van der Waals surface area contributed by atoms with Crippen LogP contribution >= 0.6 is 0 Å². The van der Waals surface area contributed by atoms with E-state index in [1.54, 1.807) is 0 Å². The molecule has 3 aromatic carbocycles. The molecule has 0 aromatic heterocycles. The van der Waals surface area contributed by atoms with Gasteiger partial charge in [0.2, 0.25) is 5.91 Å². The van der Waals surface area contributed by atoms with E-state index in [-0.39, 0.29) is 5.91 Å². The predicted octanol–water partition coefficient (Wildman–Crippen LogP) is 5.31. The highest BCUT2D eigenvalue weighted by Crippen LogP contribution is 2.34. The highest BCUT2D eigenvalue weighted by atomic mass is 16.1. The third-order valence-corrected chi connectivity index (χ3v) is 7.96. The van der Waals surface area contributed by atoms with Crippen molar-refractivity contribution >= 4 is 17.3 Å². The minimum Gasteiger partial charge on any atom is -0.371 e. The number of carbonyl (C=O) groups is 1. The molecule has 2 saturated heterocycles. The number of carbonyl (C=O) groups excluding carboxylic acids is 1. The van der Waals surface area contributed by atoms with Gasteiger partial charge in [-0.2, -0.15) is 0 Å². The fourth-order valence-electron chi connectivity index (χ4n) is 5.73. The molecule has 0 radical (unpaired) electrons. The van der Waals surface area contributed by atoms with Gasteiger partial charge in [-0.3, -0.25) is 9.69 Å². The first-order valence-electron chi connectivity index (χ1n) is 13.8. The maximum atomic E-state index is 11.4. The van der Waals surface area contributed by atoms with Crippen molar-refractivity contribution in [2.24, 2.45) is 5.73 Å². The summed E-state index contributed by atoms with van der Waals surface area (Å²) in [6, 6.07) is 22.5. The summed E-state index contributed by atoms with van der Waals surface area (Å²) < 4.78 is 0. The van der Waals surface area contributed by atoms with Gasteiger partial charge >= 0.3 is 0 Å². The highest BCUT2D eigenvalue weighted by molar-refractivity contribution is 5.79. The van der Waals surface area contributed by atoms with Gasteiger partial charge in [0.25, 0.3) is 0 Å². The first kappa shape index (κ1) is 25.3. The van der Waals surface area contributed by atoms with E-state index in [9.17, 15) is 4.79 Å². The van der Waals surface area contributed by atoms with Crippen molar-refractivity contribution in [1.29, 1.82) is 0 Å². The molecule has 0 saturated carbocycles. The van der Waals surface area contributed by atoms with Crippen LogP contribution in [0.4, 0.5) is 11.4 Å². The summed E-state index contributed by atoms with van der Waals surface area (Å²) in [7, 11) is 0. The maximum Gasteiger partial charge on any atom is 0.221 e. The summed E-state index contributed by atoms with van der Waals surface area (Å²) >= 11 is 0. The van der Waals surface area contributed by atoms with E-state index in [2.05, 4.69) is 82.3 Å². The average Bonchev–Trinajstić information content (AvgIpc) is 2.91. The molecular weight excluding hydrogens is 456 g/mol. The Kier molecular flexibility index (Phi) is 7.80. The quantitative estimate of drug-likeness (QED) is 0.482. The van der Waals surface area contributed by atoms with Crippen LogP contribution in [-0.2, 0) is 17.8 Å². The zero-order valence-corrected chi connectivity index (χ0v) is 22.4. The number of hydrogen-bond acceptors (Lipinski definition) is 4. The van der Waals surface area contributed by atoms with Gasteiger partial charge in [-0.1, -0.05) is 42.5 Å². The number of benzene rings is 3. The van der Waals surface area contributed by atoms with Crippen LogP contribution in [0.3, 0.4) is 0 Å². The van der Waals surface area contributed by atoms with E-state index in [0.717, 1.165) is 56.9 Å². The zero-order chi connectivity index (χ0) is 25.8. The molecule has 0 unspecified atom stereocenters. The van der Waals surface area contributed by atoms with E-state index in [1.165, 1.54) is 52.9 Å². The Hall–Kier alpha value is -3.31. The molecule has 194 valence electrons. The molecule has 5 heteroatoms. The largest absolute Gasteiger partial charge is 0.371 e. The van der Waals surface area contributed by atoms with Gasteiger partial charge in [-0.05, 0) is 79.1 Å². The number of hydrogen-bond donors (Lipinski definition) is 1. The molecule has 5 nitrogen and oxygen atoms in total. The second-order valence-corrected chi connectivity index (χ2v) is 10.8. The first-order valence-corrected chi connectivity index (χ1v) is 13.8. The first-order chi connectivity index (χ1) is 18.0. The standard InChI is InChI=1S/C32H40N4O/c1-24-6-13-30(31(20-24)36-14-4-3-5-15-36)27-10-8-26(9-11-27)23-34-16-18-35(19-17-34)29-12-7-25(2)28(21-29)22-32(33)37/h6-13,20-21H,3-5,14-19,22-23H2,1-2H3,(H2,33,37). The number of anilines is 2. The molecule has 0 bridgehead atoms. The van der Waals surface area contributed by atoms with Gasteiger partial charge in [-0.25, -0.2) is 0 Å². The van der Waals surface area contributed by atoms with Crippen LogP contribution in [0.1, 0.15) is 41.5 Å². The van der Waals surface area contributed by atoms with Gasteiger partial charge < -0.3 is 15.5 Å². The van der Waals surface area contributed by atoms with E-state index >= 15 is 0 Å². The molecule has 3 aromatic rings. The van der Waals surface area contributed by atoms with Crippen molar-refractivity contribution in [2.75, 3.05) is 49.1 Å². The summed E-state index contributed by atoms with van der Waals surface area (Å²) in [6.07, 6.45) is 4.23. The summed E-state index contributed by atoms with van der Waals surface area (Å²) in [5.74, 6) is -0.277. The normalized spacial score (nSPS) is 16.7. The second-order valence-electron chi connectivity index (χ2n) is 10.8.